The molecule has 0 radical (unpaired) electrons. The summed E-state index contributed by atoms with van der Waals surface area (Å²) in [6.45, 7) is 6.45. The van der Waals surface area contributed by atoms with Gasteiger partial charge in [0.05, 0.1) is 11.1 Å². The number of benzene rings is 4. The fourth-order valence-corrected chi connectivity index (χ4v) is 6.26. The van der Waals surface area contributed by atoms with Gasteiger partial charge < -0.3 is 4.42 Å². The second kappa shape index (κ2) is 7.84. The highest BCUT2D eigenvalue weighted by Crippen LogP contribution is 2.50. The van der Waals surface area contributed by atoms with Gasteiger partial charge in [-0.25, -0.2) is 8.78 Å². The SMILES string of the molecule is Cc1ccc2c(oc3c(-c4ccc5c(c4)C(C)(C)c4ccccc4-5)c(F)ccc32)c1-c1ccc(F)c[n+]1C. The van der Waals surface area contributed by atoms with Gasteiger partial charge in [0.15, 0.2) is 5.82 Å². The molecule has 0 spiro atoms. The van der Waals surface area contributed by atoms with Gasteiger partial charge in [-0.1, -0.05) is 62.4 Å². The maximum atomic E-state index is 15.6. The molecule has 0 amide bonds. The molecule has 4 aromatic carbocycles. The minimum atomic E-state index is -0.324. The third-order valence-electron chi connectivity index (χ3n) is 8.19. The zero-order chi connectivity index (χ0) is 26.3. The fourth-order valence-electron chi connectivity index (χ4n) is 6.26. The fraction of sp³-hybridized carbons (Fsp3) is 0.147. The van der Waals surface area contributed by atoms with Gasteiger partial charge in [0.2, 0.25) is 11.9 Å². The van der Waals surface area contributed by atoms with Crippen LogP contribution in [-0.2, 0) is 12.5 Å². The van der Waals surface area contributed by atoms with E-state index in [4.69, 9.17) is 4.42 Å². The van der Waals surface area contributed by atoms with Crippen LogP contribution in [0.2, 0.25) is 0 Å². The summed E-state index contributed by atoms with van der Waals surface area (Å²) in [6, 6.07) is 25.3. The monoisotopic (exact) mass is 502 g/mol. The molecule has 38 heavy (non-hydrogen) atoms. The summed E-state index contributed by atoms with van der Waals surface area (Å²) in [6.07, 6.45) is 1.45. The number of furan rings is 1. The normalized spacial score (nSPS) is 13.7. The summed E-state index contributed by atoms with van der Waals surface area (Å²) < 4.78 is 37.8. The molecule has 0 atom stereocenters. The van der Waals surface area contributed by atoms with E-state index in [-0.39, 0.29) is 17.0 Å². The summed E-state index contributed by atoms with van der Waals surface area (Å²) in [5.41, 5.74) is 9.82. The van der Waals surface area contributed by atoms with Crippen LogP contribution in [0.4, 0.5) is 8.78 Å². The number of nitrogens with zero attached hydrogens (tertiary/aromatic N) is 1. The molecule has 4 heteroatoms. The number of hydrogen-bond acceptors (Lipinski definition) is 1. The minimum Gasteiger partial charge on any atom is -0.454 e. The van der Waals surface area contributed by atoms with Crippen LogP contribution in [0.25, 0.3) is 55.4 Å². The van der Waals surface area contributed by atoms with E-state index < -0.39 is 0 Å². The first-order chi connectivity index (χ1) is 18.3. The summed E-state index contributed by atoms with van der Waals surface area (Å²) in [4.78, 5) is 0. The lowest BCUT2D eigenvalue weighted by molar-refractivity contribution is -0.661. The third kappa shape index (κ3) is 3.06. The van der Waals surface area contributed by atoms with Crippen LogP contribution >= 0.6 is 0 Å². The molecule has 2 nitrogen and oxygen atoms in total. The molecule has 7 rings (SSSR count). The summed E-state index contributed by atoms with van der Waals surface area (Å²) in [7, 11) is 1.81. The molecule has 1 aliphatic rings. The van der Waals surface area contributed by atoms with Gasteiger partial charge in [0.25, 0.3) is 0 Å². The van der Waals surface area contributed by atoms with Crippen LogP contribution in [0, 0.1) is 18.6 Å². The molecule has 0 unspecified atom stereocenters. The van der Waals surface area contributed by atoms with E-state index in [9.17, 15) is 4.39 Å². The molecule has 6 aromatic rings. The van der Waals surface area contributed by atoms with Gasteiger partial charge in [0, 0.05) is 22.3 Å². The number of halogens is 2. The highest BCUT2D eigenvalue weighted by Gasteiger charge is 2.35. The molecule has 0 saturated heterocycles. The zero-order valence-electron chi connectivity index (χ0n) is 21.7. The maximum absolute atomic E-state index is 15.6. The first-order valence-electron chi connectivity index (χ1n) is 12.8. The molecule has 2 heterocycles. The minimum absolute atomic E-state index is 0.193. The molecule has 0 N–H and O–H groups in total. The molecule has 186 valence electrons. The highest BCUT2D eigenvalue weighted by molar-refractivity contribution is 6.13. The Labute approximate surface area is 219 Å². The Balaban J connectivity index is 1.50. The van der Waals surface area contributed by atoms with Crippen molar-refractivity contribution >= 4 is 21.9 Å². The Morgan fingerprint density at radius 3 is 2.24 bits per heavy atom. The Kier molecular flexibility index (Phi) is 4.72. The van der Waals surface area contributed by atoms with Gasteiger partial charge >= 0.3 is 0 Å². The van der Waals surface area contributed by atoms with Crippen LogP contribution in [0.3, 0.4) is 0 Å². The van der Waals surface area contributed by atoms with Gasteiger partial charge in [-0.3, -0.25) is 0 Å². The predicted octanol–water partition coefficient (Wildman–Crippen LogP) is 8.64. The number of aryl methyl sites for hydroxylation is 2. The molecule has 0 fully saturated rings. The second-order valence-corrected chi connectivity index (χ2v) is 10.8. The van der Waals surface area contributed by atoms with E-state index in [0.717, 1.165) is 33.2 Å². The lowest BCUT2D eigenvalue weighted by Crippen LogP contribution is -2.31. The second-order valence-electron chi connectivity index (χ2n) is 10.8. The van der Waals surface area contributed by atoms with Crippen LogP contribution < -0.4 is 4.57 Å². The number of aromatic nitrogens is 1. The van der Waals surface area contributed by atoms with Crippen molar-refractivity contribution in [3.63, 3.8) is 0 Å². The standard InChI is InChI=1S/C34H26F2NO/c1-19-9-12-24-25-14-15-28(36)31(33(25)38-32(24)30(19)29-16-11-21(35)18-37(29)4)20-10-13-23-22-7-5-6-8-26(22)34(2,3)27(23)17-20/h5-18H,1-4H3/q+1. The molecular formula is C34H26F2NO+. The van der Waals surface area contributed by atoms with Gasteiger partial charge in [0.1, 0.15) is 24.0 Å². The van der Waals surface area contributed by atoms with Crippen molar-refractivity contribution in [3.05, 3.63) is 113 Å². The largest absolute Gasteiger partial charge is 0.454 e. The number of rotatable bonds is 2. The third-order valence-corrected chi connectivity index (χ3v) is 8.19. The topological polar surface area (TPSA) is 17.0 Å². The van der Waals surface area contributed by atoms with Crippen molar-refractivity contribution in [3.8, 4) is 33.5 Å². The van der Waals surface area contributed by atoms with Crippen LogP contribution in [-0.4, -0.2) is 0 Å². The summed E-state index contributed by atoms with van der Waals surface area (Å²) in [5, 5.41) is 1.76. The Morgan fingerprint density at radius 1 is 0.737 bits per heavy atom. The molecule has 2 aromatic heterocycles. The summed E-state index contributed by atoms with van der Waals surface area (Å²) in [5.74, 6) is -0.632. The molecular weight excluding hydrogens is 476 g/mol. The smallest absolute Gasteiger partial charge is 0.216 e. The lowest BCUT2D eigenvalue weighted by atomic mass is 9.81. The highest BCUT2D eigenvalue weighted by atomic mass is 19.1. The van der Waals surface area contributed by atoms with Crippen molar-refractivity contribution in [2.45, 2.75) is 26.2 Å². The van der Waals surface area contributed by atoms with E-state index in [0.29, 0.717) is 16.7 Å². The van der Waals surface area contributed by atoms with Crippen molar-refractivity contribution in [2.24, 2.45) is 7.05 Å². The Bertz CT molecular complexity index is 1950. The van der Waals surface area contributed by atoms with E-state index in [1.54, 1.807) is 16.7 Å². The predicted molar refractivity (Wildman–Crippen MR) is 148 cm³/mol. The zero-order valence-corrected chi connectivity index (χ0v) is 21.7. The number of pyridine rings is 1. The Morgan fingerprint density at radius 2 is 1.45 bits per heavy atom. The molecule has 1 aliphatic carbocycles. The van der Waals surface area contributed by atoms with Crippen LogP contribution in [0.15, 0.2) is 89.5 Å². The van der Waals surface area contributed by atoms with E-state index in [2.05, 4.69) is 50.2 Å². The lowest BCUT2D eigenvalue weighted by Gasteiger charge is -2.22. The van der Waals surface area contributed by atoms with Gasteiger partial charge in [-0.05, 0) is 64.6 Å². The van der Waals surface area contributed by atoms with Crippen LogP contribution in [0.1, 0.15) is 30.5 Å². The van der Waals surface area contributed by atoms with Gasteiger partial charge in [-0.2, -0.15) is 4.57 Å². The van der Waals surface area contributed by atoms with E-state index >= 15 is 4.39 Å². The van der Waals surface area contributed by atoms with Crippen molar-refractivity contribution < 1.29 is 17.8 Å². The van der Waals surface area contributed by atoms with Crippen molar-refractivity contribution in [1.29, 1.82) is 0 Å². The average Bonchev–Trinajstić information content (AvgIpc) is 3.37. The number of hydrogen-bond donors (Lipinski definition) is 0. The molecule has 0 saturated carbocycles. The first kappa shape index (κ1) is 22.9. The summed E-state index contributed by atoms with van der Waals surface area (Å²) >= 11 is 0. The van der Waals surface area contributed by atoms with E-state index in [1.165, 1.54) is 40.6 Å². The first-order valence-corrected chi connectivity index (χ1v) is 12.8. The molecule has 0 bridgehead atoms. The van der Waals surface area contributed by atoms with Crippen molar-refractivity contribution in [1.82, 2.24) is 0 Å². The number of fused-ring (bicyclic) bond motifs is 6. The Hall–Kier alpha value is -4.31. The molecule has 0 aliphatic heterocycles. The average molecular weight is 503 g/mol. The van der Waals surface area contributed by atoms with E-state index in [1.807, 2.05) is 32.2 Å². The van der Waals surface area contributed by atoms with Crippen LogP contribution in [0.5, 0.6) is 0 Å². The maximum Gasteiger partial charge on any atom is 0.216 e. The quantitative estimate of drug-likeness (QED) is 0.217. The van der Waals surface area contributed by atoms with Crippen molar-refractivity contribution in [2.75, 3.05) is 0 Å². The van der Waals surface area contributed by atoms with Gasteiger partial charge in [-0.15, -0.1) is 0 Å².